The molecule has 6 heteroatoms. The maximum absolute atomic E-state index is 12.9. The highest BCUT2D eigenvalue weighted by atomic mass is 16.2. The van der Waals surface area contributed by atoms with Crippen LogP contribution >= 0.6 is 0 Å². The number of nitrogens with zero attached hydrogens (tertiary/aromatic N) is 4. The van der Waals surface area contributed by atoms with Crippen LogP contribution in [0.3, 0.4) is 0 Å². The molecule has 29 heavy (non-hydrogen) atoms. The van der Waals surface area contributed by atoms with Gasteiger partial charge in [-0.2, -0.15) is 10.4 Å². The maximum Gasteiger partial charge on any atom is 0.229 e. The monoisotopic (exact) mass is 385 g/mol. The first-order chi connectivity index (χ1) is 14.1. The molecule has 1 aliphatic carbocycles. The molecule has 0 bridgehead atoms. The molecule has 0 aliphatic heterocycles. The number of anilines is 1. The average molecular weight is 385 g/mol. The Morgan fingerprint density at radius 1 is 1.28 bits per heavy atom. The van der Waals surface area contributed by atoms with Crippen molar-refractivity contribution < 1.29 is 4.79 Å². The predicted octanol–water partition coefficient (Wildman–Crippen LogP) is 3.70. The number of nitrogens with one attached hydrogen (secondary N) is 1. The molecule has 0 radical (unpaired) electrons. The first kappa shape index (κ1) is 18.9. The van der Waals surface area contributed by atoms with Crippen molar-refractivity contribution in [3.05, 3.63) is 77.7 Å². The summed E-state index contributed by atoms with van der Waals surface area (Å²) in [6, 6.07) is 15.6. The van der Waals surface area contributed by atoms with Gasteiger partial charge in [0.15, 0.2) is 0 Å². The van der Waals surface area contributed by atoms with Gasteiger partial charge in [-0.1, -0.05) is 30.3 Å². The minimum absolute atomic E-state index is 0.0182. The van der Waals surface area contributed by atoms with Gasteiger partial charge in [0, 0.05) is 30.3 Å². The second-order valence-electron chi connectivity index (χ2n) is 7.52. The van der Waals surface area contributed by atoms with Gasteiger partial charge in [0.05, 0.1) is 11.8 Å². The quantitative estimate of drug-likeness (QED) is 0.672. The van der Waals surface area contributed by atoms with Gasteiger partial charge >= 0.3 is 0 Å². The van der Waals surface area contributed by atoms with Crippen LogP contribution < -0.4 is 5.32 Å². The molecule has 4 rings (SSSR count). The molecular weight excluding hydrogens is 362 g/mol. The lowest BCUT2D eigenvalue weighted by atomic mass is 9.87. The lowest BCUT2D eigenvalue weighted by molar-refractivity contribution is -0.117. The van der Waals surface area contributed by atoms with Crippen molar-refractivity contribution >= 4 is 11.7 Å². The second-order valence-corrected chi connectivity index (χ2v) is 7.52. The molecule has 146 valence electrons. The molecule has 2 atom stereocenters. The zero-order valence-electron chi connectivity index (χ0n) is 16.4. The Kier molecular flexibility index (Phi) is 5.13. The number of rotatable bonds is 7. The second kappa shape index (κ2) is 7.88. The number of aromatic nitrogens is 3. The molecule has 1 aromatic carbocycles. The Balaban J connectivity index is 1.50. The largest absolute Gasteiger partial charge is 0.310 e. The molecule has 1 saturated carbocycles. The van der Waals surface area contributed by atoms with E-state index in [1.165, 1.54) is 17.3 Å². The molecule has 0 saturated heterocycles. The van der Waals surface area contributed by atoms with Crippen LogP contribution in [0.15, 0.2) is 61.1 Å². The molecule has 1 fully saturated rings. The predicted molar refractivity (Wildman–Crippen MR) is 110 cm³/mol. The summed E-state index contributed by atoms with van der Waals surface area (Å²) in [4.78, 5) is 17.1. The Hall–Kier alpha value is -3.46. The number of aryl methyl sites for hydroxylation is 2. The van der Waals surface area contributed by atoms with E-state index >= 15 is 0 Å². The van der Waals surface area contributed by atoms with Crippen LogP contribution in [0.25, 0.3) is 0 Å². The van der Waals surface area contributed by atoms with E-state index < -0.39 is 0 Å². The molecule has 2 heterocycles. The fourth-order valence-corrected chi connectivity index (χ4v) is 3.98. The van der Waals surface area contributed by atoms with Crippen LogP contribution in [-0.2, 0) is 23.2 Å². The molecule has 1 N–H and O–H groups in total. The minimum atomic E-state index is -0.160. The average Bonchev–Trinajstić information content (AvgIpc) is 3.34. The van der Waals surface area contributed by atoms with Crippen LogP contribution in [0.1, 0.15) is 36.5 Å². The normalized spacial score (nSPS) is 20.1. The van der Waals surface area contributed by atoms with Crippen LogP contribution in [0, 0.1) is 17.2 Å². The van der Waals surface area contributed by atoms with Gasteiger partial charge in [0.25, 0.3) is 0 Å². The molecule has 0 spiro atoms. The fourth-order valence-electron chi connectivity index (χ4n) is 3.98. The number of hydrogen-bond acceptors (Lipinski definition) is 4. The van der Waals surface area contributed by atoms with E-state index in [4.69, 9.17) is 5.26 Å². The summed E-state index contributed by atoms with van der Waals surface area (Å²) in [7, 11) is 0. The third-order valence-electron chi connectivity index (χ3n) is 5.75. The number of amides is 1. The molecule has 3 aromatic rings. The summed E-state index contributed by atoms with van der Waals surface area (Å²) >= 11 is 0. The first-order valence-corrected chi connectivity index (χ1v) is 9.88. The standard InChI is InChI=1S/C23H23N5O/c1-2-28-16-18(15-26-28)10-11-23(19-6-4-3-5-7-19)12-20(23)22(29)27-21-9-8-17(13-24)14-25-21/h3-9,14-16,20H,2,10-12H2,1H3,(H,25,27,29). The minimum Gasteiger partial charge on any atom is -0.310 e. The molecule has 2 aromatic heterocycles. The number of benzene rings is 1. The Morgan fingerprint density at radius 2 is 2.10 bits per heavy atom. The topological polar surface area (TPSA) is 83.6 Å². The van der Waals surface area contributed by atoms with Gasteiger partial charge in [0.2, 0.25) is 5.91 Å². The summed E-state index contributed by atoms with van der Waals surface area (Å²) in [5.74, 6) is 0.367. The SMILES string of the molecule is CCn1cc(CCC2(c3ccccc3)CC2C(=O)Nc2ccc(C#N)cn2)cn1. The van der Waals surface area contributed by atoms with Gasteiger partial charge in [0.1, 0.15) is 11.9 Å². The van der Waals surface area contributed by atoms with E-state index in [1.54, 1.807) is 12.1 Å². The van der Waals surface area contributed by atoms with Crippen molar-refractivity contribution in [3.8, 4) is 6.07 Å². The smallest absolute Gasteiger partial charge is 0.229 e. The summed E-state index contributed by atoms with van der Waals surface area (Å²) in [5.41, 5.74) is 2.71. The Morgan fingerprint density at radius 3 is 2.76 bits per heavy atom. The number of nitriles is 1. The summed E-state index contributed by atoms with van der Waals surface area (Å²) in [6.07, 6.45) is 8.07. The number of carbonyl (C=O) groups excluding carboxylic acids is 1. The highest BCUT2D eigenvalue weighted by Gasteiger charge is 2.58. The highest BCUT2D eigenvalue weighted by Crippen LogP contribution is 2.57. The van der Waals surface area contributed by atoms with Crippen LogP contribution in [0.5, 0.6) is 0 Å². The van der Waals surface area contributed by atoms with Gasteiger partial charge in [-0.05, 0) is 49.4 Å². The van der Waals surface area contributed by atoms with Crippen molar-refractivity contribution in [1.82, 2.24) is 14.8 Å². The van der Waals surface area contributed by atoms with Crippen molar-refractivity contribution in [2.24, 2.45) is 5.92 Å². The van der Waals surface area contributed by atoms with Gasteiger partial charge < -0.3 is 5.32 Å². The van der Waals surface area contributed by atoms with E-state index in [9.17, 15) is 4.79 Å². The summed E-state index contributed by atoms with van der Waals surface area (Å²) in [5, 5.41) is 16.2. The number of carbonyl (C=O) groups is 1. The van der Waals surface area contributed by atoms with E-state index in [0.717, 1.165) is 25.8 Å². The number of pyridine rings is 1. The molecule has 1 aliphatic rings. The third kappa shape index (κ3) is 3.90. The fraction of sp³-hybridized carbons (Fsp3) is 0.304. The lowest BCUT2D eigenvalue weighted by Crippen LogP contribution is -2.22. The van der Waals surface area contributed by atoms with E-state index in [1.807, 2.05) is 35.1 Å². The molecule has 1 amide bonds. The van der Waals surface area contributed by atoms with Crippen LogP contribution in [0.4, 0.5) is 5.82 Å². The summed E-state index contributed by atoms with van der Waals surface area (Å²) < 4.78 is 1.93. The van der Waals surface area contributed by atoms with E-state index in [-0.39, 0.29) is 17.2 Å². The van der Waals surface area contributed by atoms with Crippen molar-refractivity contribution in [1.29, 1.82) is 5.26 Å². The van der Waals surface area contributed by atoms with Crippen LogP contribution in [0.2, 0.25) is 0 Å². The third-order valence-corrected chi connectivity index (χ3v) is 5.75. The van der Waals surface area contributed by atoms with E-state index in [0.29, 0.717) is 11.4 Å². The molecule has 6 nitrogen and oxygen atoms in total. The van der Waals surface area contributed by atoms with Crippen molar-refractivity contribution in [2.45, 2.75) is 38.1 Å². The van der Waals surface area contributed by atoms with Crippen molar-refractivity contribution in [3.63, 3.8) is 0 Å². The highest BCUT2D eigenvalue weighted by molar-refractivity contribution is 5.95. The zero-order chi connectivity index (χ0) is 20.3. The van der Waals surface area contributed by atoms with Crippen molar-refractivity contribution in [2.75, 3.05) is 5.32 Å². The zero-order valence-corrected chi connectivity index (χ0v) is 16.4. The van der Waals surface area contributed by atoms with Gasteiger partial charge in [-0.15, -0.1) is 0 Å². The summed E-state index contributed by atoms with van der Waals surface area (Å²) in [6.45, 7) is 2.92. The van der Waals surface area contributed by atoms with Crippen LogP contribution in [-0.4, -0.2) is 20.7 Å². The van der Waals surface area contributed by atoms with E-state index in [2.05, 4.69) is 40.7 Å². The Labute approximate surface area is 170 Å². The van der Waals surface area contributed by atoms with Gasteiger partial charge in [-0.25, -0.2) is 4.98 Å². The Bertz CT molecular complexity index is 1040. The lowest BCUT2D eigenvalue weighted by Gasteiger charge is -2.18. The van der Waals surface area contributed by atoms with Gasteiger partial charge in [-0.3, -0.25) is 9.48 Å². The number of hydrogen-bond donors (Lipinski definition) is 1. The molecular formula is C23H23N5O. The molecule has 2 unspecified atom stereocenters. The first-order valence-electron chi connectivity index (χ1n) is 9.88. The maximum atomic E-state index is 12.9.